The minimum absolute atomic E-state index is 0.261. The molecule has 1 unspecified atom stereocenters. The third-order valence-electron chi connectivity index (χ3n) is 3.75. The molecule has 2 N–H and O–H groups in total. The highest BCUT2D eigenvalue weighted by atomic mass is 35.5. The first-order chi connectivity index (χ1) is 9.99. The second kappa shape index (κ2) is 6.37. The highest BCUT2D eigenvalue weighted by Gasteiger charge is 2.18. The van der Waals surface area contributed by atoms with E-state index in [1.54, 1.807) is 14.2 Å². The Morgan fingerprint density at radius 3 is 2.24 bits per heavy atom. The average Bonchev–Trinajstić information content (AvgIpc) is 2.49. The third-order valence-corrected chi connectivity index (χ3v) is 4.16. The van der Waals surface area contributed by atoms with Crippen molar-refractivity contribution < 1.29 is 9.47 Å². The largest absolute Gasteiger partial charge is 0.493 e. The average molecular weight is 306 g/mol. The number of halogens is 1. The van der Waals surface area contributed by atoms with Gasteiger partial charge in [-0.1, -0.05) is 23.7 Å². The maximum Gasteiger partial charge on any atom is 0.161 e. The fourth-order valence-electron chi connectivity index (χ4n) is 2.46. The van der Waals surface area contributed by atoms with Gasteiger partial charge in [0, 0.05) is 5.02 Å². The summed E-state index contributed by atoms with van der Waals surface area (Å²) in [6.45, 7) is 3.99. The Hall–Kier alpha value is -1.71. The second-order valence-electron chi connectivity index (χ2n) is 5.00. The van der Waals surface area contributed by atoms with Crippen LogP contribution in [-0.4, -0.2) is 14.2 Å². The van der Waals surface area contributed by atoms with E-state index in [9.17, 15) is 0 Å². The van der Waals surface area contributed by atoms with Crippen LogP contribution in [0.2, 0.25) is 5.02 Å². The number of rotatable bonds is 4. The van der Waals surface area contributed by atoms with Gasteiger partial charge in [0.1, 0.15) is 0 Å². The predicted octanol–water partition coefficient (Wildman–Crippen LogP) is 4.02. The SMILES string of the molecule is COc1cc(C)c(C(N)c2cccc(Cl)c2C)cc1OC. The monoisotopic (exact) mass is 305 g/mol. The van der Waals surface area contributed by atoms with Crippen molar-refractivity contribution >= 4 is 11.6 Å². The van der Waals surface area contributed by atoms with Crippen molar-refractivity contribution in [2.45, 2.75) is 19.9 Å². The van der Waals surface area contributed by atoms with E-state index in [4.69, 9.17) is 26.8 Å². The van der Waals surface area contributed by atoms with Crippen LogP contribution in [0.15, 0.2) is 30.3 Å². The maximum absolute atomic E-state index is 6.45. The van der Waals surface area contributed by atoms with Crippen LogP contribution >= 0.6 is 11.6 Å². The van der Waals surface area contributed by atoms with Crippen molar-refractivity contribution in [2.24, 2.45) is 5.73 Å². The molecule has 0 heterocycles. The summed E-state index contributed by atoms with van der Waals surface area (Å²) in [6, 6.07) is 9.40. The number of methoxy groups -OCH3 is 2. The summed E-state index contributed by atoms with van der Waals surface area (Å²) in [4.78, 5) is 0. The van der Waals surface area contributed by atoms with Gasteiger partial charge in [0.2, 0.25) is 0 Å². The Kier molecular flexibility index (Phi) is 4.76. The zero-order valence-corrected chi connectivity index (χ0v) is 13.5. The fraction of sp³-hybridized carbons (Fsp3) is 0.294. The first-order valence-corrected chi connectivity index (χ1v) is 7.10. The van der Waals surface area contributed by atoms with Gasteiger partial charge in [0.25, 0.3) is 0 Å². The number of aryl methyl sites for hydroxylation is 1. The maximum atomic E-state index is 6.45. The zero-order chi connectivity index (χ0) is 15.6. The lowest BCUT2D eigenvalue weighted by Gasteiger charge is -2.20. The molecule has 0 amide bonds. The van der Waals surface area contributed by atoms with Gasteiger partial charge in [-0.25, -0.2) is 0 Å². The summed E-state index contributed by atoms with van der Waals surface area (Å²) in [5.41, 5.74) is 10.5. The minimum Gasteiger partial charge on any atom is -0.493 e. The molecule has 0 fully saturated rings. The van der Waals surface area contributed by atoms with Crippen molar-refractivity contribution in [1.29, 1.82) is 0 Å². The number of ether oxygens (including phenoxy) is 2. The lowest BCUT2D eigenvalue weighted by Crippen LogP contribution is -2.15. The topological polar surface area (TPSA) is 44.5 Å². The van der Waals surface area contributed by atoms with Gasteiger partial charge in [-0.15, -0.1) is 0 Å². The van der Waals surface area contributed by atoms with E-state index in [1.165, 1.54) is 0 Å². The van der Waals surface area contributed by atoms with Crippen LogP contribution in [0.4, 0.5) is 0 Å². The van der Waals surface area contributed by atoms with Gasteiger partial charge in [-0.3, -0.25) is 0 Å². The van der Waals surface area contributed by atoms with Gasteiger partial charge in [-0.05, 0) is 54.3 Å². The summed E-state index contributed by atoms with van der Waals surface area (Å²) >= 11 is 6.19. The summed E-state index contributed by atoms with van der Waals surface area (Å²) < 4.78 is 10.7. The van der Waals surface area contributed by atoms with Crippen molar-refractivity contribution in [3.05, 3.63) is 57.6 Å². The molecule has 2 aromatic carbocycles. The number of nitrogens with two attached hydrogens (primary N) is 1. The van der Waals surface area contributed by atoms with Crippen LogP contribution in [0.3, 0.4) is 0 Å². The van der Waals surface area contributed by atoms with Crippen molar-refractivity contribution in [3.8, 4) is 11.5 Å². The first kappa shape index (κ1) is 15.7. The molecule has 0 radical (unpaired) electrons. The number of hydrogen-bond acceptors (Lipinski definition) is 3. The molecule has 0 aliphatic rings. The zero-order valence-electron chi connectivity index (χ0n) is 12.7. The smallest absolute Gasteiger partial charge is 0.161 e. The summed E-state index contributed by atoms with van der Waals surface area (Å²) in [5, 5.41) is 0.723. The van der Waals surface area contributed by atoms with E-state index in [1.807, 2.05) is 44.2 Å². The normalized spacial score (nSPS) is 12.1. The van der Waals surface area contributed by atoms with Gasteiger partial charge >= 0.3 is 0 Å². The van der Waals surface area contributed by atoms with Crippen LogP contribution in [0, 0.1) is 13.8 Å². The Morgan fingerprint density at radius 1 is 1.00 bits per heavy atom. The van der Waals surface area contributed by atoms with Crippen LogP contribution in [0.1, 0.15) is 28.3 Å². The summed E-state index contributed by atoms with van der Waals surface area (Å²) in [7, 11) is 3.24. The fourth-order valence-corrected chi connectivity index (χ4v) is 2.64. The van der Waals surface area contributed by atoms with Crippen molar-refractivity contribution in [2.75, 3.05) is 14.2 Å². The Bertz CT molecular complexity index is 655. The first-order valence-electron chi connectivity index (χ1n) is 6.72. The Labute approximate surface area is 130 Å². The molecule has 0 spiro atoms. The van der Waals surface area contributed by atoms with E-state index in [0.717, 1.165) is 27.3 Å². The van der Waals surface area contributed by atoms with Gasteiger partial charge < -0.3 is 15.2 Å². The third kappa shape index (κ3) is 2.99. The molecular weight excluding hydrogens is 286 g/mol. The Morgan fingerprint density at radius 2 is 1.62 bits per heavy atom. The van der Waals surface area contributed by atoms with Crippen LogP contribution < -0.4 is 15.2 Å². The van der Waals surface area contributed by atoms with E-state index in [2.05, 4.69) is 0 Å². The van der Waals surface area contributed by atoms with Crippen LogP contribution in [0.5, 0.6) is 11.5 Å². The van der Waals surface area contributed by atoms with Crippen LogP contribution in [0.25, 0.3) is 0 Å². The number of hydrogen-bond donors (Lipinski definition) is 1. The standard InChI is InChI=1S/C17H20ClNO2/c1-10-8-15(20-3)16(21-4)9-13(10)17(19)12-6-5-7-14(18)11(12)2/h5-9,17H,19H2,1-4H3. The molecule has 0 saturated heterocycles. The molecule has 2 aromatic rings. The van der Waals surface area contributed by atoms with Gasteiger partial charge in [-0.2, -0.15) is 0 Å². The Balaban J connectivity index is 2.53. The van der Waals surface area contributed by atoms with E-state index >= 15 is 0 Å². The molecule has 1 atom stereocenters. The molecule has 3 nitrogen and oxygen atoms in total. The second-order valence-corrected chi connectivity index (χ2v) is 5.40. The molecule has 0 aliphatic heterocycles. The summed E-state index contributed by atoms with van der Waals surface area (Å²) in [5.74, 6) is 1.38. The molecule has 2 rings (SSSR count). The van der Waals surface area contributed by atoms with Crippen molar-refractivity contribution in [1.82, 2.24) is 0 Å². The molecule has 21 heavy (non-hydrogen) atoms. The highest BCUT2D eigenvalue weighted by Crippen LogP contribution is 2.35. The predicted molar refractivity (Wildman–Crippen MR) is 86.5 cm³/mol. The van der Waals surface area contributed by atoms with E-state index < -0.39 is 0 Å². The molecule has 112 valence electrons. The van der Waals surface area contributed by atoms with Crippen molar-refractivity contribution in [3.63, 3.8) is 0 Å². The quantitative estimate of drug-likeness (QED) is 0.928. The highest BCUT2D eigenvalue weighted by molar-refractivity contribution is 6.31. The lowest BCUT2D eigenvalue weighted by atomic mass is 9.92. The molecule has 0 saturated carbocycles. The van der Waals surface area contributed by atoms with E-state index in [0.29, 0.717) is 11.5 Å². The molecule has 0 aromatic heterocycles. The minimum atomic E-state index is -0.261. The lowest BCUT2D eigenvalue weighted by molar-refractivity contribution is 0.354. The molecule has 0 aliphatic carbocycles. The van der Waals surface area contributed by atoms with Crippen LogP contribution in [-0.2, 0) is 0 Å². The molecular formula is C17H20ClNO2. The summed E-state index contributed by atoms with van der Waals surface area (Å²) in [6.07, 6.45) is 0. The van der Waals surface area contributed by atoms with Gasteiger partial charge in [0.15, 0.2) is 11.5 Å². The number of benzene rings is 2. The molecule has 0 bridgehead atoms. The molecule has 4 heteroatoms. The van der Waals surface area contributed by atoms with Gasteiger partial charge in [0.05, 0.1) is 20.3 Å². The van der Waals surface area contributed by atoms with E-state index in [-0.39, 0.29) is 6.04 Å².